The van der Waals surface area contributed by atoms with Gasteiger partial charge in [-0.2, -0.15) is 0 Å². The summed E-state index contributed by atoms with van der Waals surface area (Å²) in [5.41, 5.74) is 2.20. The van der Waals surface area contributed by atoms with E-state index in [0.717, 1.165) is 68.8 Å². The maximum absolute atomic E-state index is 12.5. The van der Waals surface area contributed by atoms with Crippen LogP contribution in [0.3, 0.4) is 0 Å². The number of benzene rings is 1. The predicted molar refractivity (Wildman–Crippen MR) is 116 cm³/mol. The van der Waals surface area contributed by atoms with Crippen LogP contribution in [0.4, 0.5) is 16.3 Å². The highest BCUT2D eigenvalue weighted by atomic mass is 16.2. The molecule has 1 aliphatic carbocycles. The van der Waals surface area contributed by atoms with Crippen molar-refractivity contribution in [1.82, 2.24) is 20.2 Å². The summed E-state index contributed by atoms with van der Waals surface area (Å²) in [7, 11) is 0. The van der Waals surface area contributed by atoms with Crippen LogP contribution in [0.5, 0.6) is 0 Å². The Labute approximate surface area is 172 Å². The van der Waals surface area contributed by atoms with Gasteiger partial charge in [0.1, 0.15) is 12.1 Å². The highest BCUT2D eigenvalue weighted by molar-refractivity contribution is 5.92. The van der Waals surface area contributed by atoms with Crippen molar-refractivity contribution >= 4 is 28.4 Å². The SMILES string of the molecule is O=C(NC1CCCC1)N1CCN(c2ccc3ncnc(N4CCCC4)c3c2)CC1. The van der Waals surface area contributed by atoms with E-state index >= 15 is 0 Å². The van der Waals surface area contributed by atoms with E-state index in [2.05, 4.69) is 43.3 Å². The summed E-state index contributed by atoms with van der Waals surface area (Å²) in [5.74, 6) is 1.06. The third kappa shape index (κ3) is 3.82. The number of carbonyl (C=O) groups excluding carboxylic acids is 1. The fourth-order valence-electron chi connectivity index (χ4n) is 4.91. The van der Waals surface area contributed by atoms with E-state index in [1.54, 1.807) is 6.33 Å². The van der Waals surface area contributed by atoms with Gasteiger partial charge in [0.15, 0.2) is 0 Å². The number of urea groups is 1. The molecule has 2 aromatic rings. The molecule has 29 heavy (non-hydrogen) atoms. The molecule has 2 amide bonds. The Morgan fingerprint density at radius 2 is 1.66 bits per heavy atom. The quantitative estimate of drug-likeness (QED) is 0.867. The number of aromatic nitrogens is 2. The third-order valence-corrected chi connectivity index (χ3v) is 6.62. The van der Waals surface area contributed by atoms with Crippen LogP contribution >= 0.6 is 0 Å². The van der Waals surface area contributed by atoms with Crippen LogP contribution < -0.4 is 15.1 Å². The van der Waals surface area contributed by atoms with Gasteiger partial charge in [-0.1, -0.05) is 12.8 Å². The largest absolute Gasteiger partial charge is 0.368 e. The second kappa shape index (κ2) is 8.05. The Morgan fingerprint density at radius 3 is 2.41 bits per heavy atom. The van der Waals surface area contributed by atoms with Crippen molar-refractivity contribution in [2.24, 2.45) is 0 Å². The van der Waals surface area contributed by atoms with Gasteiger partial charge in [-0.15, -0.1) is 0 Å². The molecule has 2 aliphatic heterocycles. The Hall–Kier alpha value is -2.57. The van der Waals surface area contributed by atoms with Crippen LogP contribution in [0.1, 0.15) is 38.5 Å². The van der Waals surface area contributed by atoms with Crippen molar-refractivity contribution in [1.29, 1.82) is 0 Å². The zero-order chi connectivity index (χ0) is 19.6. The maximum Gasteiger partial charge on any atom is 0.317 e. The smallest absolute Gasteiger partial charge is 0.317 e. The van der Waals surface area contributed by atoms with Gasteiger partial charge in [-0.05, 0) is 43.9 Å². The minimum Gasteiger partial charge on any atom is -0.368 e. The Morgan fingerprint density at radius 1 is 0.897 bits per heavy atom. The van der Waals surface area contributed by atoms with Crippen molar-refractivity contribution in [2.45, 2.75) is 44.6 Å². The average molecular weight is 395 g/mol. The highest BCUT2D eigenvalue weighted by Crippen LogP contribution is 2.30. The van der Waals surface area contributed by atoms with E-state index in [0.29, 0.717) is 6.04 Å². The molecule has 0 bridgehead atoms. The van der Waals surface area contributed by atoms with Crippen molar-refractivity contribution in [2.75, 3.05) is 49.1 Å². The lowest BCUT2D eigenvalue weighted by Gasteiger charge is -2.36. The van der Waals surface area contributed by atoms with Crippen molar-refractivity contribution < 1.29 is 4.79 Å². The molecule has 7 nitrogen and oxygen atoms in total. The van der Waals surface area contributed by atoms with E-state index < -0.39 is 0 Å². The lowest BCUT2D eigenvalue weighted by Crippen LogP contribution is -2.53. The zero-order valence-electron chi connectivity index (χ0n) is 17.0. The number of amides is 2. The van der Waals surface area contributed by atoms with Crippen LogP contribution in [0, 0.1) is 0 Å². The molecule has 3 heterocycles. The van der Waals surface area contributed by atoms with Crippen LogP contribution in [0.15, 0.2) is 24.5 Å². The van der Waals surface area contributed by atoms with E-state index in [4.69, 9.17) is 0 Å². The summed E-state index contributed by atoms with van der Waals surface area (Å²) < 4.78 is 0. The number of nitrogens with one attached hydrogen (secondary N) is 1. The first-order valence-corrected chi connectivity index (χ1v) is 11.1. The van der Waals surface area contributed by atoms with E-state index in [9.17, 15) is 4.79 Å². The summed E-state index contributed by atoms with van der Waals surface area (Å²) >= 11 is 0. The number of anilines is 2. The van der Waals surface area contributed by atoms with Gasteiger partial charge in [-0.3, -0.25) is 0 Å². The molecule has 0 radical (unpaired) electrons. The number of hydrogen-bond acceptors (Lipinski definition) is 5. The summed E-state index contributed by atoms with van der Waals surface area (Å²) in [6, 6.07) is 6.98. The monoisotopic (exact) mass is 394 g/mol. The van der Waals surface area contributed by atoms with E-state index in [-0.39, 0.29) is 6.03 Å². The highest BCUT2D eigenvalue weighted by Gasteiger charge is 2.25. The molecule has 1 N–H and O–H groups in total. The molecule has 0 atom stereocenters. The summed E-state index contributed by atoms with van der Waals surface area (Å²) in [6.45, 7) is 5.39. The number of piperazine rings is 1. The molecule has 1 aromatic carbocycles. The Bertz CT molecular complexity index is 867. The molecule has 0 spiro atoms. The topological polar surface area (TPSA) is 64.6 Å². The molecule has 5 rings (SSSR count). The molecule has 2 saturated heterocycles. The number of nitrogens with zero attached hydrogens (tertiary/aromatic N) is 5. The van der Waals surface area contributed by atoms with Crippen LogP contribution in [0.2, 0.25) is 0 Å². The molecule has 3 aliphatic rings. The maximum atomic E-state index is 12.5. The van der Waals surface area contributed by atoms with Crippen molar-refractivity contribution in [3.05, 3.63) is 24.5 Å². The van der Waals surface area contributed by atoms with Gasteiger partial charge < -0.3 is 20.0 Å². The molecule has 1 aromatic heterocycles. The van der Waals surface area contributed by atoms with E-state index in [1.165, 1.54) is 31.4 Å². The Kier molecular flexibility index (Phi) is 5.12. The first kappa shape index (κ1) is 18.5. The van der Waals surface area contributed by atoms with Gasteiger partial charge in [0, 0.05) is 56.4 Å². The average Bonchev–Trinajstić information content (AvgIpc) is 3.47. The van der Waals surface area contributed by atoms with Gasteiger partial charge >= 0.3 is 6.03 Å². The lowest BCUT2D eigenvalue weighted by atomic mass is 10.1. The summed E-state index contributed by atoms with van der Waals surface area (Å²) in [6.07, 6.45) is 8.88. The minimum absolute atomic E-state index is 0.111. The lowest BCUT2D eigenvalue weighted by molar-refractivity contribution is 0.190. The minimum atomic E-state index is 0.111. The van der Waals surface area contributed by atoms with Gasteiger partial charge in [0.25, 0.3) is 0 Å². The molecule has 3 fully saturated rings. The molecule has 1 saturated carbocycles. The molecule has 154 valence electrons. The number of carbonyl (C=O) groups is 1. The van der Waals surface area contributed by atoms with Crippen molar-refractivity contribution in [3.8, 4) is 0 Å². The Balaban J connectivity index is 1.28. The van der Waals surface area contributed by atoms with Gasteiger partial charge in [0.05, 0.1) is 5.52 Å². The molecular weight excluding hydrogens is 364 g/mol. The first-order valence-electron chi connectivity index (χ1n) is 11.1. The molecule has 0 unspecified atom stereocenters. The van der Waals surface area contributed by atoms with Crippen LogP contribution in [-0.2, 0) is 0 Å². The number of rotatable bonds is 3. The normalized spacial score (nSPS) is 20.6. The number of fused-ring (bicyclic) bond motifs is 1. The van der Waals surface area contributed by atoms with Crippen molar-refractivity contribution in [3.63, 3.8) is 0 Å². The summed E-state index contributed by atoms with van der Waals surface area (Å²) in [5, 5.41) is 4.35. The van der Waals surface area contributed by atoms with Gasteiger partial charge in [0.2, 0.25) is 0 Å². The molecule has 7 heteroatoms. The zero-order valence-corrected chi connectivity index (χ0v) is 17.0. The fourth-order valence-corrected chi connectivity index (χ4v) is 4.91. The van der Waals surface area contributed by atoms with Gasteiger partial charge in [-0.25, -0.2) is 14.8 Å². The number of hydrogen-bond donors (Lipinski definition) is 1. The standard InChI is InChI=1S/C22H30N6O/c29-22(25-17-5-1-2-6-17)28-13-11-26(12-14-28)18-7-8-20-19(15-18)21(24-16-23-20)27-9-3-4-10-27/h7-8,15-17H,1-6,9-14H2,(H,25,29). The van der Waals surface area contributed by atoms with Crippen LogP contribution in [-0.4, -0.2) is 66.2 Å². The summed E-state index contributed by atoms with van der Waals surface area (Å²) in [4.78, 5) is 28.3. The second-order valence-corrected chi connectivity index (χ2v) is 8.50. The fraction of sp³-hybridized carbons (Fsp3) is 0.591. The second-order valence-electron chi connectivity index (χ2n) is 8.50. The van der Waals surface area contributed by atoms with E-state index in [1.807, 2.05) is 4.90 Å². The first-order chi connectivity index (χ1) is 14.3. The third-order valence-electron chi connectivity index (χ3n) is 6.62. The predicted octanol–water partition coefficient (Wildman–Crippen LogP) is 3.00. The molecular formula is C22H30N6O. The van der Waals surface area contributed by atoms with Crippen LogP contribution in [0.25, 0.3) is 10.9 Å².